The van der Waals surface area contributed by atoms with Gasteiger partial charge >= 0.3 is 0 Å². The lowest BCUT2D eigenvalue weighted by molar-refractivity contribution is 0.717. The highest BCUT2D eigenvalue weighted by Gasteiger charge is 2.12. The van der Waals surface area contributed by atoms with E-state index in [1.807, 2.05) is 36.7 Å². The van der Waals surface area contributed by atoms with Gasteiger partial charge in [0, 0.05) is 24.7 Å². The molecule has 6 nitrogen and oxygen atoms in total. The highest BCUT2D eigenvalue weighted by Crippen LogP contribution is 2.27. The van der Waals surface area contributed by atoms with E-state index in [4.69, 9.17) is 18.0 Å². The summed E-state index contributed by atoms with van der Waals surface area (Å²) in [5.74, 6) is 0.471. The standard InChI is InChI=1S/C20H20N6S/c1-22-20(27)24-14-8-6-13(7-9-14)10-11-26-12-23-17-18(26)15-4-2-3-5-16(15)25-19(17)21/h2-9,12H,10-11H2,1H3,(H2,21,25)(H2,22,24,27). The second-order valence-electron chi connectivity index (χ2n) is 6.30. The zero-order chi connectivity index (χ0) is 18.8. The van der Waals surface area contributed by atoms with Crippen LogP contribution in [0.4, 0.5) is 11.5 Å². The van der Waals surface area contributed by atoms with Gasteiger partial charge in [0.25, 0.3) is 0 Å². The quantitative estimate of drug-likeness (QED) is 0.474. The lowest BCUT2D eigenvalue weighted by Gasteiger charge is -2.09. The lowest BCUT2D eigenvalue weighted by atomic mass is 10.1. The van der Waals surface area contributed by atoms with Gasteiger partial charge in [-0.15, -0.1) is 0 Å². The van der Waals surface area contributed by atoms with Crippen LogP contribution in [-0.4, -0.2) is 26.7 Å². The van der Waals surface area contributed by atoms with Crippen LogP contribution in [0.5, 0.6) is 0 Å². The first-order chi connectivity index (χ1) is 13.2. The van der Waals surface area contributed by atoms with Crippen LogP contribution < -0.4 is 16.4 Å². The number of nitrogens with one attached hydrogen (secondary N) is 2. The predicted octanol–water partition coefficient (Wildman–Crippen LogP) is 3.33. The van der Waals surface area contributed by atoms with Gasteiger partial charge < -0.3 is 20.9 Å². The second kappa shape index (κ2) is 7.20. The number of rotatable bonds is 4. The van der Waals surface area contributed by atoms with Crippen molar-refractivity contribution >= 4 is 50.8 Å². The Kier molecular flexibility index (Phi) is 4.60. The Morgan fingerprint density at radius 3 is 2.70 bits per heavy atom. The molecule has 4 N–H and O–H groups in total. The lowest BCUT2D eigenvalue weighted by Crippen LogP contribution is -2.24. The molecular weight excluding hydrogens is 356 g/mol. The van der Waals surface area contributed by atoms with Crippen molar-refractivity contribution in [2.75, 3.05) is 18.1 Å². The number of anilines is 2. The van der Waals surface area contributed by atoms with Crippen molar-refractivity contribution in [1.29, 1.82) is 0 Å². The third-order valence-corrected chi connectivity index (χ3v) is 4.87. The van der Waals surface area contributed by atoms with Gasteiger partial charge in [-0.2, -0.15) is 0 Å². The van der Waals surface area contributed by atoms with Gasteiger partial charge in [-0.3, -0.25) is 0 Å². The molecule has 0 fully saturated rings. The third kappa shape index (κ3) is 3.41. The van der Waals surface area contributed by atoms with Crippen LogP contribution in [0.15, 0.2) is 54.9 Å². The smallest absolute Gasteiger partial charge is 0.170 e. The summed E-state index contributed by atoms with van der Waals surface area (Å²) < 4.78 is 2.15. The number of aryl methyl sites for hydroxylation is 2. The fourth-order valence-electron chi connectivity index (χ4n) is 3.17. The molecule has 7 heteroatoms. The molecule has 0 aliphatic rings. The van der Waals surface area contributed by atoms with Gasteiger partial charge in [0.15, 0.2) is 10.9 Å². The molecular formula is C20H20N6S. The highest BCUT2D eigenvalue weighted by atomic mass is 32.1. The SMILES string of the molecule is CNC(=S)Nc1ccc(CCn2cnc3c(N)nc4ccccc4c32)cc1. The van der Waals surface area contributed by atoms with Crippen molar-refractivity contribution in [1.82, 2.24) is 19.9 Å². The van der Waals surface area contributed by atoms with Gasteiger partial charge in [0.2, 0.25) is 0 Å². The monoisotopic (exact) mass is 376 g/mol. The fraction of sp³-hybridized carbons (Fsp3) is 0.150. The molecule has 0 aliphatic heterocycles. The number of fused-ring (bicyclic) bond motifs is 3. The number of nitrogen functional groups attached to an aromatic ring is 1. The third-order valence-electron chi connectivity index (χ3n) is 4.56. The molecule has 2 aromatic heterocycles. The fourth-order valence-corrected chi connectivity index (χ4v) is 3.29. The average molecular weight is 376 g/mol. The highest BCUT2D eigenvalue weighted by molar-refractivity contribution is 7.80. The number of hydrogen-bond donors (Lipinski definition) is 3. The first kappa shape index (κ1) is 17.2. The molecule has 136 valence electrons. The Labute approximate surface area is 162 Å². The zero-order valence-electron chi connectivity index (χ0n) is 14.9. The number of hydrogen-bond acceptors (Lipinski definition) is 4. The molecule has 27 heavy (non-hydrogen) atoms. The number of imidazole rings is 1. The Hall–Kier alpha value is -3.19. The van der Waals surface area contributed by atoms with Crippen LogP contribution in [0.3, 0.4) is 0 Å². The predicted molar refractivity (Wildman–Crippen MR) is 115 cm³/mol. The largest absolute Gasteiger partial charge is 0.382 e. The van der Waals surface area contributed by atoms with Crippen molar-refractivity contribution in [3.8, 4) is 0 Å². The van der Waals surface area contributed by atoms with Gasteiger partial charge in [-0.05, 0) is 42.4 Å². The first-order valence-corrected chi connectivity index (χ1v) is 9.13. The summed E-state index contributed by atoms with van der Waals surface area (Å²) in [5, 5.41) is 7.70. The van der Waals surface area contributed by atoms with Crippen LogP contribution in [0.2, 0.25) is 0 Å². The molecule has 0 atom stereocenters. The van der Waals surface area contributed by atoms with Gasteiger partial charge in [0.05, 0.1) is 17.4 Å². The molecule has 4 aromatic rings. The minimum Gasteiger partial charge on any atom is -0.382 e. The van der Waals surface area contributed by atoms with E-state index in [9.17, 15) is 0 Å². The summed E-state index contributed by atoms with van der Waals surface area (Å²) in [6, 6.07) is 16.3. The van der Waals surface area contributed by atoms with E-state index >= 15 is 0 Å². The topological polar surface area (TPSA) is 80.8 Å². The summed E-state index contributed by atoms with van der Waals surface area (Å²) in [5.41, 5.74) is 11.0. The molecule has 0 unspecified atom stereocenters. The maximum absolute atomic E-state index is 6.10. The van der Waals surface area contributed by atoms with Gasteiger partial charge in [-0.25, -0.2) is 9.97 Å². The van der Waals surface area contributed by atoms with E-state index in [2.05, 4.69) is 43.4 Å². The minimum absolute atomic E-state index is 0.471. The Bertz CT molecular complexity index is 1120. The average Bonchev–Trinajstić information content (AvgIpc) is 3.12. The van der Waals surface area contributed by atoms with E-state index in [-0.39, 0.29) is 0 Å². The zero-order valence-corrected chi connectivity index (χ0v) is 15.8. The maximum Gasteiger partial charge on any atom is 0.170 e. The second-order valence-corrected chi connectivity index (χ2v) is 6.71. The van der Waals surface area contributed by atoms with Crippen LogP contribution in [0, 0.1) is 0 Å². The van der Waals surface area contributed by atoms with Crippen LogP contribution in [0.1, 0.15) is 5.56 Å². The summed E-state index contributed by atoms with van der Waals surface area (Å²) >= 11 is 5.12. The summed E-state index contributed by atoms with van der Waals surface area (Å²) in [6.45, 7) is 0.811. The number of nitrogens with two attached hydrogens (primary N) is 1. The molecule has 0 bridgehead atoms. The molecule has 0 radical (unpaired) electrons. The Morgan fingerprint density at radius 1 is 1.15 bits per heavy atom. The summed E-state index contributed by atoms with van der Waals surface area (Å²) in [4.78, 5) is 8.94. The molecule has 0 spiro atoms. The van der Waals surface area contributed by atoms with E-state index in [0.717, 1.165) is 40.6 Å². The first-order valence-electron chi connectivity index (χ1n) is 8.72. The maximum atomic E-state index is 6.10. The van der Waals surface area contributed by atoms with Crippen molar-refractivity contribution in [2.45, 2.75) is 13.0 Å². The van der Waals surface area contributed by atoms with Crippen molar-refractivity contribution in [3.63, 3.8) is 0 Å². The number of aromatic nitrogens is 3. The molecule has 2 heterocycles. The Balaban J connectivity index is 1.58. The molecule has 0 saturated carbocycles. The summed E-state index contributed by atoms with van der Waals surface area (Å²) in [6.07, 6.45) is 2.73. The van der Waals surface area contributed by atoms with Crippen molar-refractivity contribution < 1.29 is 0 Å². The van der Waals surface area contributed by atoms with E-state index < -0.39 is 0 Å². The number of pyridine rings is 1. The number of thiocarbonyl (C=S) groups is 1. The number of para-hydroxylation sites is 1. The minimum atomic E-state index is 0.471. The summed E-state index contributed by atoms with van der Waals surface area (Å²) in [7, 11) is 1.80. The van der Waals surface area contributed by atoms with Gasteiger partial charge in [-0.1, -0.05) is 30.3 Å². The molecule has 2 aromatic carbocycles. The number of benzene rings is 2. The van der Waals surface area contributed by atoms with Crippen LogP contribution in [0.25, 0.3) is 21.9 Å². The van der Waals surface area contributed by atoms with E-state index in [1.165, 1.54) is 5.56 Å². The Morgan fingerprint density at radius 2 is 1.93 bits per heavy atom. The van der Waals surface area contributed by atoms with Crippen molar-refractivity contribution in [3.05, 3.63) is 60.4 Å². The molecule has 0 saturated heterocycles. The van der Waals surface area contributed by atoms with Crippen molar-refractivity contribution in [2.24, 2.45) is 0 Å². The molecule has 0 aliphatic carbocycles. The van der Waals surface area contributed by atoms with Crippen LogP contribution in [-0.2, 0) is 13.0 Å². The van der Waals surface area contributed by atoms with E-state index in [1.54, 1.807) is 7.05 Å². The molecule has 4 rings (SSSR count). The van der Waals surface area contributed by atoms with Gasteiger partial charge in [0.1, 0.15) is 5.52 Å². The molecule has 0 amide bonds. The number of nitrogens with zero attached hydrogens (tertiary/aromatic N) is 3. The van der Waals surface area contributed by atoms with E-state index in [0.29, 0.717) is 10.9 Å². The van der Waals surface area contributed by atoms with Crippen LogP contribution >= 0.6 is 12.2 Å². The normalized spacial score (nSPS) is 11.0.